The first kappa shape index (κ1) is 25.2. The van der Waals surface area contributed by atoms with Crippen LogP contribution in [0.25, 0.3) is 11.0 Å². The monoisotopic (exact) mass is 485 g/mol. The zero-order chi connectivity index (χ0) is 24.6. The largest absolute Gasteiger partial charge is 0.462 e. The molecule has 2 heterocycles. The third-order valence-electron chi connectivity index (χ3n) is 8.71. The first-order chi connectivity index (χ1) is 16.2. The Morgan fingerprint density at radius 3 is 2.47 bits per heavy atom. The molecule has 2 aliphatic carbocycles. The van der Waals surface area contributed by atoms with Crippen molar-refractivity contribution < 1.29 is 14.0 Å². The van der Waals surface area contributed by atoms with Crippen LogP contribution >= 0.6 is 0 Å². The van der Waals surface area contributed by atoms with Crippen molar-refractivity contribution in [2.24, 2.45) is 17.8 Å². The fourth-order valence-corrected chi connectivity index (χ4v) is 12.8. The molecular formula is C27H43N3O3Si. The first-order valence-electron chi connectivity index (χ1n) is 13.2. The summed E-state index contributed by atoms with van der Waals surface area (Å²) in [6, 6.07) is 2.30. The Morgan fingerprint density at radius 1 is 1.15 bits per heavy atom. The highest BCUT2D eigenvalue weighted by molar-refractivity contribution is 6.77. The van der Waals surface area contributed by atoms with Gasteiger partial charge in [-0.3, -0.25) is 0 Å². The zero-order valence-electron chi connectivity index (χ0n) is 22.0. The summed E-state index contributed by atoms with van der Waals surface area (Å²) in [7, 11) is -1.93. The molecule has 2 aliphatic rings. The van der Waals surface area contributed by atoms with Gasteiger partial charge in [0.1, 0.15) is 11.2 Å². The van der Waals surface area contributed by atoms with E-state index in [1.165, 1.54) is 19.3 Å². The average Bonchev–Trinajstić information content (AvgIpc) is 3.50. The molecule has 0 saturated heterocycles. The Hall–Kier alpha value is -1.86. The van der Waals surface area contributed by atoms with Gasteiger partial charge in [-0.2, -0.15) is 0 Å². The lowest BCUT2D eigenvalue weighted by Crippen LogP contribution is -2.50. The summed E-state index contributed by atoms with van der Waals surface area (Å²) < 4.78 is 12.5. The fraction of sp³-hybridized carbons (Fsp3) is 0.704. The number of ether oxygens (including phenoxy) is 1. The number of anilines is 1. The number of H-pyrrole nitrogens is 1. The van der Waals surface area contributed by atoms with E-state index in [-0.39, 0.29) is 5.97 Å². The quantitative estimate of drug-likeness (QED) is 0.287. The number of hydrogen-bond donors (Lipinski definition) is 2. The van der Waals surface area contributed by atoms with E-state index in [4.69, 9.17) is 9.16 Å². The molecule has 0 aliphatic heterocycles. The van der Waals surface area contributed by atoms with Crippen molar-refractivity contribution in [3.05, 3.63) is 24.0 Å². The van der Waals surface area contributed by atoms with Gasteiger partial charge in [-0.05, 0) is 60.7 Å². The molecule has 0 radical (unpaired) electrons. The molecule has 4 atom stereocenters. The molecule has 1 unspecified atom stereocenters. The van der Waals surface area contributed by atoms with E-state index < -0.39 is 8.32 Å². The third kappa shape index (κ3) is 4.30. The van der Waals surface area contributed by atoms with Crippen molar-refractivity contribution in [3.8, 4) is 0 Å². The maximum atomic E-state index is 12.8. The summed E-state index contributed by atoms with van der Waals surface area (Å²) >= 11 is 0. The van der Waals surface area contributed by atoms with E-state index in [1.807, 2.05) is 19.2 Å². The first-order valence-corrected chi connectivity index (χ1v) is 15.4. The second kappa shape index (κ2) is 10.0. The number of hydrogen-bond acceptors (Lipinski definition) is 5. The van der Waals surface area contributed by atoms with Crippen molar-refractivity contribution in [2.45, 2.75) is 90.4 Å². The van der Waals surface area contributed by atoms with E-state index in [0.29, 0.717) is 52.6 Å². The minimum atomic E-state index is -1.93. The number of carbonyl (C=O) groups excluding carboxylic acids is 1. The lowest BCUT2D eigenvalue weighted by Gasteiger charge is -2.44. The summed E-state index contributed by atoms with van der Waals surface area (Å²) in [5.74, 6) is 1.45. The summed E-state index contributed by atoms with van der Waals surface area (Å²) in [6.07, 6.45) is 7.31. The van der Waals surface area contributed by atoms with E-state index in [9.17, 15) is 4.79 Å². The number of esters is 1. The molecule has 4 rings (SSSR count). The minimum absolute atomic E-state index is 0.297. The molecule has 188 valence electrons. The molecule has 7 heteroatoms. The summed E-state index contributed by atoms with van der Waals surface area (Å²) in [5, 5.41) is 4.81. The van der Waals surface area contributed by atoms with Crippen LogP contribution in [-0.2, 0) is 9.16 Å². The van der Waals surface area contributed by atoms with Crippen molar-refractivity contribution >= 4 is 31.0 Å². The molecular weight excluding hydrogens is 442 g/mol. The molecule has 2 aromatic rings. The Balaban J connectivity index is 1.63. The number of nitrogens with one attached hydrogen (secondary N) is 2. The van der Waals surface area contributed by atoms with Gasteiger partial charge in [0.15, 0.2) is 8.32 Å². The van der Waals surface area contributed by atoms with Gasteiger partial charge >= 0.3 is 5.97 Å². The topological polar surface area (TPSA) is 76.2 Å². The fourth-order valence-electron chi connectivity index (χ4n) is 7.31. The third-order valence-corrected chi connectivity index (χ3v) is 14.8. The Kier molecular flexibility index (Phi) is 7.43. The molecule has 34 heavy (non-hydrogen) atoms. The molecule has 0 spiro atoms. The molecule has 2 N–H and O–H groups in total. The van der Waals surface area contributed by atoms with Gasteiger partial charge in [-0.25, -0.2) is 9.78 Å². The lowest BCUT2D eigenvalue weighted by atomic mass is 9.84. The van der Waals surface area contributed by atoms with Crippen molar-refractivity contribution in [3.63, 3.8) is 0 Å². The number of rotatable bonds is 10. The Labute approximate surface area is 205 Å². The molecule has 6 nitrogen and oxygen atoms in total. The number of aromatic amines is 1. The van der Waals surface area contributed by atoms with Gasteiger partial charge in [0.05, 0.1) is 12.3 Å². The summed E-state index contributed by atoms with van der Waals surface area (Å²) in [4.78, 5) is 20.4. The van der Waals surface area contributed by atoms with Gasteiger partial charge in [0, 0.05) is 36.3 Å². The highest BCUT2D eigenvalue weighted by Crippen LogP contribution is 2.51. The van der Waals surface area contributed by atoms with Crippen LogP contribution < -0.4 is 5.32 Å². The maximum absolute atomic E-state index is 12.8. The Morgan fingerprint density at radius 2 is 1.82 bits per heavy atom. The molecule has 2 saturated carbocycles. The van der Waals surface area contributed by atoms with Gasteiger partial charge in [0.2, 0.25) is 0 Å². The number of pyridine rings is 1. The normalized spacial score (nSPS) is 24.6. The highest BCUT2D eigenvalue weighted by atomic mass is 28.4. The van der Waals surface area contributed by atoms with Crippen LogP contribution in [0.1, 0.15) is 78.1 Å². The second-order valence-electron chi connectivity index (χ2n) is 11.3. The molecule has 0 aromatic carbocycles. The minimum Gasteiger partial charge on any atom is -0.462 e. The van der Waals surface area contributed by atoms with Gasteiger partial charge in [-0.15, -0.1) is 0 Å². The van der Waals surface area contributed by atoms with Crippen LogP contribution in [0, 0.1) is 17.8 Å². The van der Waals surface area contributed by atoms with Gasteiger partial charge in [0.25, 0.3) is 0 Å². The zero-order valence-corrected chi connectivity index (χ0v) is 23.0. The van der Waals surface area contributed by atoms with E-state index in [0.717, 1.165) is 23.3 Å². The number of aromatic nitrogens is 2. The summed E-state index contributed by atoms with van der Waals surface area (Å²) in [5.41, 5.74) is 3.89. The van der Waals surface area contributed by atoms with Crippen LogP contribution in [0.3, 0.4) is 0 Å². The van der Waals surface area contributed by atoms with Crippen LogP contribution in [-0.4, -0.2) is 43.5 Å². The predicted octanol–water partition coefficient (Wildman–Crippen LogP) is 6.76. The molecule has 2 aromatic heterocycles. The Bertz CT molecular complexity index is 980. The van der Waals surface area contributed by atoms with Crippen molar-refractivity contribution in [1.82, 2.24) is 9.97 Å². The lowest BCUT2D eigenvalue weighted by molar-refractivity contribution is 0.0527. The average molecular weight is 486 g/mol. The predicted molar refractivity (Wildman–Crippen MR) is 141 cm³/mol. The van der Waals surface area contributed by atoms with E-state index in [1.54, 1.807) is 6.20 Å². The van der Waals surface area contributed by atoms with E-state index >= 15 is 0 Å². The SMILES string of the molecule is CCOC(=O)c1cnc2[nH]ccc2c1N[C@H]1C2CC[C@H](C2)[C@H]1CO[Si](C(C)C)(C(C)C)C(C)C. The second-order valence-corrected chi connectivity index (χ2v) is 16.8. The van der Waals surface area contributed by atoms with Crippen molar-refractivity contribution in [2.75, 3.05) is 18.5 Å². The number of fused-ring (bicyclic) bond motifs is 3. The van der Waals surface area contributed by atoms with Gasteiger partial charge in [-0.1, -0.05) is 41.5 Å². The van der Waals surface area contributed by atoms with Crippen LogP contribution in [0.15, 0.2) is 18.5 Å². The molecule has 2 fully saturated rings. The molecule has 2 bridgehead atoms. The number of nitrogens with zero attached hydrogens (tertiary/aromatic N) is 1. The van der Waals surface area contributed by atoms with Crippen LogP contribution in [0.4, 0.5) is 5.69 Å². The van der Waals surface area contributed by atoms with Crippen LogP contribution in [0.5, 0.6) is 0 Å². The van der Waals surface area contributed by atoms with Crippen molar-refractivity contribution in [1.29, 1.82) is 0 Å². The standard InChI is InChI=1S/C27H43N3O3Si/c1-8-32-27(31)22-14-29-26-21(11-12-28-26)25(22)30-24-20-10-9-19(13-20)23(24)15-33-34(16(2)3,17(4)5)18(6)7/h11-12,14,16-20,23-24H,8-10,13,15H2,1-7H3,(H2,28,29,30)/t19-,20?,23-,24+/m1/s1. The number of carbonyl (C=O) groups is 1. The van der Waals surface area contributed by atoms with Gasteiger partial charge < -0.3 is 19.5 Å². The summed E-state index contributed by atoms with van der Waals surface area (Å²) in [6.45, 7) is 17.1. The van der Waals surface area contributed by atoms with Crippen LogP contribution in [0.2, 0.25) is 16.6 Å². The highest BCUT2D eigenvalue weighted by Gasteiger charge is 2.51. The molecule has 0 amide bonds. The van der Waals surface area contributed by atoms with E-state index in [2.05, 4.69) is 56.8 Å². The smallest absolute Gasteiger partial charge is 0.341 e. The maximum Gasteiger partial charge on any atom is 0.341 e.